The van der Waals surface area contributed by atoms with E-state index in [0.29, 0.717) is 23.0 Å². The number of carboxylic acids is 1. The molecular formula is C11H11FN4O2S. The molecule has 1 heterocycles. The number of aliphatic carboxylic acids is 1. The maximum Gasteiger partial charge on any atom is 0.313 e. The Balaban J connectivity index is 2.11. The van der Waals surface area contributed by atoms with Crippen molar-refractivity contribution in [2.45, 2.75) is 11.6 Å². The predicted molar refractivity (Wildman–Crippen MR) is 67.7 cm³/mol. The van der Waals surface area contributed by atoms with Crippen LogP contribution in [-0.2, 0) is 11.2 Å². The van der Waals surface area contributed by atoms with E-state index in [2.05, 4.69) is 10.2 Å². The van der Waals surface area contributed by atoms with Crippen LogP contribution in [0, 0.1) is 5.82 Å². The van der Waals surface area contributed by atoms with E-state index in [1.54, 1.807) is 12.1 Å². The van der Waals surface area contributed by atoms with Crippen molar-refractivity contribution in [1.82, 2.24) is 14.9 Å². The Morgan fingerprint density at radius 3 is 2.95 bits per heavy atom. The fourth-order valence-electron chi connectivity index (χ4n) is 1.48. The first-order valence-corrected chi connectivity index (χ1v) is 6.33. The largest absolute Gasteiger partial charge is 0.481 e. The van der Waals surface area contributed by atoms with E-state index in [0.717, 1.165) is 11.8 Å². The van der Waals surface area contributed by atoms with Gasteiger partial charge in [0.2, 0.25) is 5.16 Å². The average Bonchev–Trinajstić information content (AvgIpc) is 2.68. The number of benzene rings is 1. The lowest BCUT2D eigenvalue weighted by atomic mass is 10.1. The van der Waals surface area contributed by atoms with Crippen molar-refractivity contribution in [2.75, 3.05) is 11.6 Å². The maximum atomic E-state index is 13.0. The summed E-state index contributed by atoms with van der Waals surface area (Å²) in [5.41, 5.74) is 0.717. The van der Waals surface area contributed by atoms with Crippen LogP contribution in [0.25, 0.3) is 0 Å². The van der Waals surface area contributed by atoms with Crippen molar-refractivity contribution in [2.24, 2.45) is 0 Å². The van der Waals surface area contributed by atoms with Gasteiger partial charge in [-0.15, -0.1) is 10.2 Å². The molecule has 0 aliphatic rings. The molecule has 2 rings (SSSR count). The molecule has 6 nitrogen and oxygen atoms in total. The number of thioether (sulfide) groups is 1. The lowest BCUT2D eigenvalue weighted by molar-refractivity contribution is -0.133. The van der Waals surface area contributed by atoms with Gasteiger partial charge in [0.05, 0.1) is 5.75 Å². The molecule has 0 amide bonds. The molecule has 0 fully saturated rings. The Bertz CT molecular complexity index is 602. The maximum absolute atomic E-state index is 13.0. The molecule has 3 N–H and O–H groups in total. The highest BCUT2D eigenvalue weighted by Crippen LogP contribution is 2.16. The second-order valence-electron chi connectivity index (χ2n) is 3.76. The van der Waals surface area contributed by atoms with Gasteiger partial charge >= 0.3 is 5.97 Å². The van der Waals surface area contributed by atoms with Crippen LogP contribution < -0.4 is 5.84 Å². The molecule has 0 saturated heterocycles. The molecule has 0 radical (unpaired) electrons. The molecule has 0 spiro atoms. The van der Waals surface area contributed by atoms with E-state index >= 15 is 0 Å². The number of carboxylic acid groups (broad SMARTS) is 1. The van der Waals surface area contributed by atoms with Gasteiger partial charge in [-0.1, -0.05) is 23.9 Å². The molecule has 0 bridgehead atoms. The summed E-state index contributed by atoms with van der Waals surface area (Å²) in [6, 6.07) is 6.09. The molecule has 2 aromatic rings. The van der Waals surface area contributed by atoms with Crippen molar-refractivity contribution >= 4 is 17.7 Å². The molecule has 19 heavy (non-hydrogen) atoms. The first-order valence-electron chi connectivity index (χ1n) is 5.34. The number of nitrogens with two attached hydrogens (primary N) is 1. The minimum Gasteiger partial charge on any atom is -0.481 e. The SMILES string of the molecule is Nn1c(Cc2cccc(F)c2)nnc1SCC(=O)O. The molecule has 0 aliphatic heterocycles. The van der Waals surface area contributed by atoms with Gasteiger partial charge in [-0.25, -0.2) is 9.07 Å². The van der Waals surface area contributed by atoms with E-state index < -0.39 is 5.97 Å². The van der Waals surface area contributed by atoms with Gasteiger partial charge in [-0.05, 0) is 17.7 Å². The number of carbonyl (C=O) groups is 1. The second-order valence-corrected chi connectivity index (χ2v) is 4.70. The van der Waals surface area contributed by atoms with E-state index in [-0.39, 0.29) is 11.6 Å². The summed E-state index contributed by atoms with van der Waals surface area (Å²) in [5, 5.41) is 16.6. The first-order chi connectivity index (χ1) is 9.06. The molecule has 1 aromatic heterocycles. The van der Waals surface area contributed by atoms with Crippen molar-refractivity contribution in [3.8, 4) is 0 Å². The van der Waals surface area contributed by atoms with E-state index in [1.807, 2.05) is 0 Å². The van der Waals surface area contributed by atoms with Crippen LogP contribution in [0.4, 0.5) is 4.39 Å². The van der Waals surface area contributed by atoms with Crippen LogP contribution in [0.2, 0.25) is 0 Å². The molecule has 0 unspecified atom stereocenters. The molecule has 0 atom stereocenters. The summed E-state index contributed by atoms with van der Waals surface area (Å²) in [6.45, 7) is 0. The van der Waals surface area contributed by atoms with Crippen LogP contribution in [0.5, 0.6) is 0 Å². The highest BCUT2D eigenvalue weighted by molar-refractivity contribution is 7.99. The number of aromatic nitrogens is 3. The Morgan fingerprint density at radius 1 is 1.47 bits per heavy atom. The Hall–Kier alpha value is -2.09. The van der Waals surface area contributed by atoms with Crippen molar-refractivity contribution < 1.29 is 14.3 Å². The smallest absolute Gasteiger partial charge is 0.313 e. The van der Waals surface area contributed by atoms with Crippen LogP contribution >= 0.6 is 11.8 Å². The molecule has 8 heteroatoms. The van der Waals surface area contributed by atoms with Gasteiger partial charge in [0.15, 0.2) is 5.82 Å². The molecule has 1 aromatic carbocycles. The summed E-state index contributed by atoms with van der Waals surface area (Å²) in [5.74, 6) is 4.77. The van der Waals surface area contributed by atoms with Gasteiger partial charge in [0, 0.05) is 6.42 Å². The summed E-state index contributed by atoms with van der Waals surface area (Å²) in [4.78, 5) is 10.5. The van der Waals surface area contributed by atoms with Gasteiger partial charge in [-0.3, -0.25) is 4.79 Å². The molecule has 0 saturated carbocycles. The monoisotopic (exact) mass is 282 g/mol. The van der Waals surface area contributed by atoms with Gasteiger partial charge < -0.3 is 10.9 Å². The Morgan fingerprint density at radius 2 is 2.26 bits per heavy atom. The van der Waals surface area contributed by atoms with Crippen molar-refractivity contribution in [1.29, 1.82) is 0 Å². The average molecular weight is 282 g/mol. The lowest BCUT2D eigenvalue weighted by Gasteiger charge is -2.03. The number of rotatable bonds is 5. The zero-order chi connectivity index (χ0) is 13.8. The van der Waals surface area contributed by atoms with E-state index in [1.165, 1.54) is 16.8 Å². The van der Waals surface area contributed by atoms with Crippen molar-refractivity contribution in [3.63, 3.8) is 0 Å². The molecule has 0 aliphatic carbocycles. The number of hydrogen-bond acceptors (Lipinski definition) is 5. The lowest BCUT2D eigenvalue weighted by Crippen LogP contribution is -2.15. The molecule has 100 valence electrons. The highest BCUT2D eigenvalue weighted by atomic mass is 32.2. The highest BCUT2D eigenvalue weighted by Gasteiger charge is 2.12. The summed E-state index contributed by atoms with van der Waals surface area (Å²) < 4.78 is 14.3. The third-order valence-corrected chi connectivity index (χ3v) is 3.24. The Labute approximate surface area is 112 Å². The fourth-order valence-corrected chi connectivity index (χ4v) is 2.08. The zero-order valence-electron chi connectivity index (χ0n) is 9.78. The topological polar surface area (TPSA) is 94.0 Å². The minimum atomic E-state index is -0.959. The molecular weight excluding hydrogens is 271 g/mol. The first kappa shape index (κ1) is 13.3. The zero-order valence-corrected chi connectivity index (χ0v) is 10.6. The fraction of sp³-hybridized carbons (Fsp3) is 0.182. The van der Waals surface area contributed by atoms with E-state index in [4.69, 9.17) is 10.9 Å². The van der Waals surface area contributed by atoms with Gasteiger partial charge in [0.25, 0.3) is 0 Å². The number of hydrogen-bond donors (Lipinski definition) is 2. The third-order valence-electron chi connectivity index (χ3n) is 2.31. The number of nitrogen functional groups attached to an aromatic ring is 1. The van der Waals surface area contributed by atoms with Gasteiger partial charge in [0.1, 0.15) is 5.82 Å². The normalized spacial score (nSPS) is 10.6. The Kier molecular flexibility index (Phi) is 4.00. The van der Waals surface area contributed by atoms with Crippen LogP contribution in [0.1, 0.15) is 11.4 Å². The summed E-state index contributed by atoms with van der Waals surface area (Å²) in [7, 11) is 0. The standard InChI is InChI=1S/C11H11FN4O2S/c12-8-3-1-2-7(4-8)5-9-14-15-11(16(9)13)19-6-10(17)18/h1-4H,5-6,13H2,(H,17,18). The third kappa shape index (κ3) is 3.44. The number of nitrogens with zero attached hydrogens (tertiary/aromatic N) is 3. The number of halogens is 1. The second kappa shape index (κ2) is 5.70. The predicted octanol–water partition coefficient (Wildman–Crippen LogP) is 0.899. The van der Waals surface area contributed by atoms with E-state index in [9.17, 15) is 9.18 Å². The van der Waals surface area contributed by atoms with Crippen LogP contribution in [0.3, 0.4) is 0 Å². The van der Waals surface area contributed by atoms with Crippen molar-refractivity contribution in [3.05, 3.63) is 41.5 Å². The quantitative estimate of drug-likeness (QED) is 0.625. The van der Waals surface area contributed by atoms with Crippen LogP contribution in [-0.4, -0.2) is 31.7 Å². The summed E-state index contributed by atoms with van der Waals surface area (Å²) in [6.07, 6.45) is 0.328. The summed E-state index contributed by atoms with van der Waals surface area (Å²) >= 11 is 0.980. The minimum absolute atomic E-state index is 0.144. The van der Waals surface area contributed by atoms with Gasteiger partial charge in [-0.2, -0.15) is 0 Å². The van der Waals surface area contributed by atoms with Crippen LogP contribution in [0.15, 0.2) is 29.4 Å².